The molecule has 2 aromatic rings. The van der Waals surface area contributed by atoms with Crippen LogP contribution in [0, 0.1) is 13.8 Å². The molecule has 1 atom stereocenters. The molecule has 0 saturated heterocycles. The summed E-state index contributed by atoms with van der Waals surface area (Å²) in [6, 6.07) is 11.4. The van der Waals surface area contributed by atoms with E-state index in [1.165, 1.54) is 0 Å². The highest BCUT2D eigenvalue weighted by Gasteiger charge is 2.14. The van der Waals surface area contributed by atoms with Gasteiger partial charge in [0.05, 0.1) is 11.4 Å². The molecule has 2 aromatic carbocycles. The Kier molecular flexibility index (Phi) is 7.47. The third-order valence-electron chi connectivity index (χ3n) is 3.78. The van der Waals surface area contributed by atoms with Crippen molar-refractivity contribution in [1.82, 2.24) is 0 Å². The molecular weight excluding hydrogens is 384 g/mol. The number of carbonyl (C=O) groups is 1. The molecule has 0 aliphatic heterocycles. The lowest BCUT2D eigenvalue weighted by molar-refractivity contribution is -0.107. The molecule has 0 bridgehead atoms. The van der Waals surface area contributed by atoms with Crippen LogP contribution in [0.25, 0.3) is 0 Å². The summed E-state index contributed by atoms with van der Waals surface area (Å²) in [5.74, 6) is 2.29. The van der Waals surface area contributed by atoms with Crippen molar-refractivity contribution in [2.45, 2.75) is 25.1 Å². The Morgan fingerprint density at radius 1 is 1.00 bits per heavy atom. The first-order chi connectivity index (χ1) is 12.0. The predicted molar refractivity (Wildman–Crippen MR) is 102 cm³/mol. The van der Waals surface area contributed by atoms with Gasteiger partial charge in [0.15, 0.2) is 0 Å². The minimum absolute atomic E-state index is 0.295. The lowest BCUT2D eigenvalue weighted by Crippen LogP contribution is -2.01. The maximum Gasteiger partial charge on any atom is 0.138 e. The van der Waals surface area contributed by atoms with Crippen LogP contribution >= 0.6 is 15.9 Å². The van der Waals surface area contributed by atoms with Gasteiger partial charge in [-0.15, -0.1) is 0 Å². The second kappa shape index (κ2) is 9.59. The number of hydrogen-bond donors (Lipinski definition) is 0. The van der Waals surface area contributed by atoms with Gasteiger partial charge in [-0.2, -0.15) is 0 Å². The van der Waals surface area contributed by atoms with Gasteiger partial charge in [-0.1, -0.05) is 15.9 Å². The summed E-state index contributed by atoms with van der Waals surface area (Å²) < 4.78 is 16.6. The normalized spacial score (nSPS) is 11.8. The van der Waals surface area contributed by atoms with Gasteiger partial charge >= 0.3 is 0 Å². The lowest BCUT2D eigenvalue weighted by atomic mass is 10.00. The van der Waals surface area contributed by atoms with Crippen molar-refractivity contribution in [3.05, 3.63) is 53.1 Å². The van der Waals surface area contributed by atoms with E-state index in [0.717, 1.165) is 46.6 Å². The molecule has 1 unspecified atom stereocenters. The monoisotopic (exact) mass is 406 g/mol. The van der Waals surface area contributed by atoms with Crippen LogP contribution in [-0.2, 0) is 9.53 Å². The van der Waals surface area contributed by atoms with Crippen molar-refractivity contribution in [3.63, 3.8) is 0 Å². The molecule has 0 spiro atoms. The maximum atomic E-state index is 11.0. The van der Waals surface area contributed by atoms with Crippen LogP contribution in [0.2, 0.25) is 0 Å². The summed E-state index contributed by atoms with van der Waals surface area (Å²) >= 11 is 3.39. The average Bonchev–Trinajstić information content (AvgIpc) is 2.59. The van der Waals surface area contributed by atoms with Crippen molar-refractivity contribution in [1.29, 1.82) is 0 Å². The van der Waals surface area contributed by atoms with Gasteiger partial charge in [0.25, 0.3) is 0 Å². The maximum absolute atomic E-state index is 11.0. The Morgan fingerprint density at radius 3 is 2.16 bits per heavy atom. The summed E-state index contributed by atoms with van der Waals surface area (Å²) in [5.41, 5.74) is 3.02. The first-order valence-electron chi connectivity index (χ1n) is 8.15. The largest absolute Gasteiger partial charge is 0.494 e. The zero-order chi connectivity index (χ0) is 18.2. The SMILES string of the molecule is COCCCOc1ccc(Oc2cc(C)c(C(Br)C=O)c(C)c2)cc1. The minimum atomic E-state index is -0.295. The lowest BCUT2D eigenvalue weighted by Gasteiger charge is -2.15. The van der Waals surface area contributed by atoms with Crippen LogP contribution in [-0.4, -0.2) is 26.6 Å². The predicted octanol–water partition coefficient (Wildman–Crippen LogP) is 5.15. The van der Waals surface area contributed by atoms with Crippen molar-refractivity contribution < 1.29 is 19.0 Å². The van der Waals surface area contributed by atoms with Gasteiger partial charge < -0.3 is 19.0 Å². The summed E-state index contributed by atoms with van der Waals surface area (Å²) in [4.78, 5) is 10.7. The second-order valence-electron chi connectivity index (χ2n) is 5.78. The number of carbonyl (C=O) groups excluding carboxylic acids is 1. The number of rotatable bonds is 9. The van der Waals surface area contributed by atoms with Crippen LogP contribution < -0.4 is 9.47 Å². The third kappa shape index (κ3) is 5.58. The first-order valence-corrected chi connectivity index (χ1v) is 9.07. The van der Waals surface area contributed by atoms with Crippen molar-refractivity contribution >= 4 is 22.2 Å². The molecular formula is C20H23BrO4. The molecule has 0 aliphatic carbocycles. The van der Waals surface area contributed by atoms with Crippen LogP contribution in [0.4, 0.5) is 0 Å². The molecule has 134 valence electrons. The number of benzene rings is 2. The molecule has 4 nitrogen and oxygen atoms in total. The van der Waals surface area contributed by atoms with Gasteiger partial charge in [0.1, 0.15) is 23.5 Å². The molecule has 0 amide bonds. The minimum Gasteiger partial charge on any atom is -0.494 e. The van der Waals surface area contributed by atoms with E-state index < -0.39 is 0 Å². The standard InChI is InChI=1S/C20H23BrO4/c1-14-11-18(12-15(2)20(14)19(21)13-22)25-17-7-5-16(6-8-17)24-10-4-9-23-3/h5-8,11-13,19H,4,9-10H2,1-3H3. The summed E-state index contributed by atoms with van der Waals surface area (Å²) in [6.45, 7) is 5.27. The Hall–Kier alpha value is -1.85. The highest BCUT2D eigenvalue weighted by molar-refractivity contribution is 9.09. The molecule has 0 N–H and O–H groups in total. The Balaban J connectivity index is 2.03. The second-order valence-corrected chi connectivity index (χ2v) is 6.76. The Bertz CT molecular complexity index is 674. The molecule has 2 rings (SSSR count). The molecule has 0 aliphatic rings. The van der Waals surface area contributed by atoms with E-state index in [1.54, 1.807) is 7.11 Å². The van der Waals surface area contributed by atoms with Crippen LogP contribution in [0.3, 0.4) is 0 Å². The molecule has 0 fully saturated rings. The van der Waals surface area contributed by atoms with E-state index in [0.29, 0.717) is 13.2 Å². The smallest absolute Gasteiger partial charge is 0.138 e. The number of halogens is 1. The van der Waals surface area contributed by atoms with Crippen LogP contribution in [0.15, 0.2) is 36.4 Å². The quantitative estimate of drug-likeness (QED) is 0.328. The molecule has 25 heavy (non-hydrogen) atoms. The highest BCUT2D eigenvalue weighted by Crippen LogP contribution is 2.32. The van der Waals surface area contributed by atoms with E-state index in [4.69, 9.17) is 14.2 Å². The Morgan fingerprint density at radius 2 is 1.60 bits per heavy atom. The van der Waals surface area contributed by atoms with Gasteiger partial charge in [0.2, 0.25) is 0 Å². The number of alkyl halides is 1. The van der Waals surface area contributed by atoms with Gasteiger partial charge in [-0.3, -0.25) is 0 Å². The van der Waals surface area contributed by atoms with Crippen LogP contribution in [0.1, 0.15) is 27.9 Å². The number of hydrogen-bond acceptors (Lipinski definition) is 4. The van der Waals surface area contributed by atoms with Gasteiger partial charge in [0, 0.05) is 20.1 Å². The summed E-state index contributed by atoms with van der Waals surface area (Å²) in [7, 11) is 1.68. The van der Waals surface area contributed by atoms with Crippen molar-refractivity contribution in [2.75, 3.05) is 20.3 Å². The van der Waals surface area contributed by atoms with Crippen molar-refractivity contribution in [2.24, 2.45) is 0 Å². The van der Waals surface area contributed by atoms with Gasteiger partial charge in [-0.05, 0) is 66.9 Å². The molecule has 0 aromatic heterocycles. The zero-order valence-electron chi connectivity index (χ0n) is 14.8. The fourth-order valence-corrected chi connectivity index (χ4v) is 3.35. The molecule has 0 heterocycles. The topological polar surface area (TPSA) is 44.8 Å². The van der Waals surface area contributed by atoms with Crippen molar-refractivity contribution in [3.8, 4) is 17.2 Å². The summed E-state index contributed by atoms with van der Waals surface area (Å²) in [6.07, 6.45) is 1.75. The third-order valence-corrected chi connectivity index (χ3v) is 4.46. The number of aryl methyl sites for hydroxylation is 2. The fraction of sp³-hybridized carbons (Fsp3) is 0.350. The average molecular weight is 407 g/mol. The number of aldehydes is 1. The zero-order valence-corrected chi connectivity index (χ0v) is 16.3. The van der Waals surface area contributed by atoms with Gasteiger partial charge in [-0.25, -0.2) is 0 Å². The van der Waals surface area contributed by atoms with E-state index in [9.17, 15) is 4.79 Å². The highest BCUT2D eigenvalue weighted by atomic mass is 79.9. The molecule has 0 radical (unpaired) electrons. The van der Waals surface area contributed by atoms with Crippen LogP contribution in [0.5, 0.6) is 17.2 Å². The van der Waals surface area contributed by atoms with E-state index in [-0.39, 0.29) is 4.83 Å². The molecule has 5 heteroatoms. The number of methoxy groups -OCH3 is 1. The van der Waals surface area contributed by atoms with E-state index >= 15 is 0 Å². The molecule has 0 saturated carbocycles. The Labute approximate surface area is 157 Å². The van der Waals surface area contributed by atoms with E-state index in [2.05, 4.69) is 15.9 Å². The number of ether oxygens (including phenoxy) is 3. The first kappa shape index (κ1) is 19.5. The van der Waals surface area contributed by atoms with E-state index in [1.807, 2.05) is 50.2 Å². The fourth-order valence-electron chi connectivity index (χ4n) is 2.63. The summed E-state index contributed by atoms with van der Waals surface area (Å²) in [5, 5.41) is 0.